The Morgan fingerprint density at radius 1 is 1.62 bits per heavy atom. The van der Waals surface area contributed by atoms with Crippen molar-refractivity contribution in [2.75, 3.05) is 6.54 Å². The van der Waals surface area contributed by atoms with Crippen LogP contribution in [0.25, 0.3) is 0 Å². The first-order valence-electron chi connectivity index (χ1n) is 6.59. The Morgan fingerprint density at radius 3 is 2.95 bits per heavy atom. The quantitative estimate of drug-likeness (QED) is 0.368. The Labute approximate surface area is 126 Å². The predicted octanol–water partition coefficient (Wildman–Crippen LogP) is 2.43. The van der Waals surface area contributed by atoms with Crippen molar-refractivity contribution < 1.29 is 14.5 Å². The van der Waals surface area contributed by atoms with Crippen LogP contribution in [-0.2, 0) is 4.79 Å². The van der Waals surface area contributed by atoms with Gasteiger partial charge in [-0.3, -0.25) is 24.6 Å². The smallest absolute Gasteiger partial charge is 0.278 e. The lowest BCUT2D eigenvalue weighted by Gasteiger charge is -2.14. The standard InChI is InChI=1S/C13H14ClN3O4/c1-2-3-8-6-10(18)16(7-8)13(19)9-4-5-15-12(14)11(9)17(20)21/h4-5,8H,2-3,6-7H2,1H3. The maximum atomic E-state index is 12.4. The summed E-state index contributed by atoms with van der Waals surface area (Å²) in [7, 11) is 0. The second-order valence-electron chi connectivity index (χ2n) is 4.92. The van der Waals surface area contributed by atoms with E-state index in [2.05, 4.69) is 4.98 Å². The highest BCUT2D eigenvalue weighted by atomic mass is 35.5. The molecule has 112 valence electrons. The van der Waals surface area contributed by atoms with Gasteiger partial charge in [-0.15, -0.1) is 0 Å². The lowest BCUT2D eigenvalue weighted by Crippen LogP contribution is -2.33. The molecule has 1 aromatic rings. The van der Waals surface area contributed by atoms with Gasteiger partial charge in [-0.2, -0.15) is 0 Å². The fraction of sp³-hybridized carbons (Fsp3) is 0.462. The lowest BCUT2D eigenvalue weighted by molar-refractivity contribution is -0.385. The zero-order valence-electron chi connectivity index (χ0n) is 11.4. The molecule has 0 aromatic carbocycles. The summed E-state index contributed by atoms with van der Waals surface area (Å²) in [6.07, 6.45) is 3.27. The molecule has 2 rings (SSSR count). The topological polar surface area (TPSA) is 93.4 Å². The van der Waals surface area contributed by atoms with Gasteiger partial charge in [0, 0.05) is 19.2 Å². The van der Waals surface area contributed by atoms with Gasteiger partial charge in [0.05, 0.1) is 4.92 Å². The Hall–Kier alpha value is -2.02. The molecule has 0 N–H and O–H groups in total. The number of likely N-dealkylation sites (tertiary alicyclic amines) is 1. The molecule has 0 spiro atoms. The number of carbonyl (C=O) groups excluding carboxylic acids is 2. The van der Waals surface area contributed by atoms with E-state index in [-0.39, 0.29) is 22.5 Å². The van der Waals surface area contributed by atoms with Crippen LogP contribution in [-0.4, -0.2) is 33.2 Å². The number of halogens is 1. The number of nitro groups is 1. The summed E-state index contributed by atoms with van der Waals surface area (Å²) in [6, 6.07) is 1.22. The SMILES string of the molecule is CCCC1CC(=O)N(C(=O)c2ccnc(Cl)c2[N+](=O)[O-])C1. The van der Waals surface area contributed by atoms with E-state index in [0.29, 0.717) is 13.0 Å². The van der Waals surface area contributed by atoms with Crippen molar-refractivity contribution in [3.05, 3.63) is 33.1 Å². The van der Waals surface area contributed by atoms with E-state index in [0.717, 1.165) is 17.7 Å². The van der Waals surface area contributed by atoms with Crippen molar-refractivity contribution in [2.45, 2.75) is 26.2 Å². The molecule has 1 aliphatic rings. The first-order chi connectivity index (χ1) is 9.95. The molecule has 1 atom stereocenters. The number of amides is 2. The highest BCUT2D eigenvalue weighted by Gasteiger charge is 2.37. The predicted molar refractivity (Wildman–Crippen MR) is 75.0 cm³/mol. The summed E-state index contributed by atoms with van der Waals surface area (Å²) in [5, 5.41) is 10.7. The number of hydrogen-bond acceptors (Lipinski definition) is 5. The van der Waals surface area contributed by atoms with Crippen LogP contribution < -0.4 is 0 Å². The van der Waals surface area contributed by atoms with Gasteiger partial charge < -0.3 is 0 Å². The van der Waals surface area contributed by atoms with E-state index in [1.54, 1.807) is 0 Å². The first kappa shape index (κ1) is 15.4. The maximum absolute atomic E-state index is 12.4. The van der Waals surface area contributed by atoms with Crippen LogP contribution in [0.15, 0.2) is 12.3 Å². The molecule has 0 aliphatic carbocycles. The molecule has 0 radical (unpaired) electrons. The second kappa shape index (κ2) is 6.17. The number of rotatable bonds is 4. The zero-order valence-corrected chi connectivity index (χ0v) is 12.2. The molecule has 1 fully saturated rings. The zero-order chi connectivity index (χ0) is 15.6. The van der Waals surface area contributed by atoms with Crippen LogP contribution in [0, 0.1) is 16.0 Å². The fourth-order valence-corrected chi connectivity index (χ4v) is 2.73. The number of nitrogens with zero attached hydrogens (tertiary/aromatic N) is 3. The number of pyridine rings is 1. The molecule has 2 heterocycles. The van der Waals surface area contributed by atoms with Crippen LogP contribution in [0.1, 0.15) is 36.5 Å². The minimum absolute atomic E-state index is 0.114. The second-order valence-corrected chi connectivity index (χ2v) is 5.28. The molecule has 21 heavy (non-hydrogen) atoms. The molecule has 8 heteroatoms. The minimum atomic E-state index is -0.757. The number of carbonyl (C=O) groups is 2. The van der Waals surface area contributed by atoms with Crippen LogP contribution >= 0.6 is 11.6 Å². The maximum Gasteiger partial charge on any atom is 0.319 e. The Morgan fingerprint density at radius 2 is 2.33 bits per heavy atom. The molecule has 0 saturated carbocycles. The Kier molecular flexibility index (Phi) is 4.52. The summed E-state index contributed by atoms with van der Waals surface area (Å²) in [5.74, 6) is -0.877. The third-order valence-corrected chi connectivity index (χ3v) is 3.72. The van der Waals surface area contributed by atoms with Gasteiger partial charge in [0.1, 0.15) is 5.56 Å². The van der Waals surface area contributed by atoms with Gasteiger partial charge in [-0.05, 0) is 18.4 Å². The van der Waals surface area contributed by atoms with Gasteiger partial charge in [0.2, 0.25) is 11.1 Å². The van der Waals surface area contributed by atoms with Gasteiger partial charge >= 0.3 is 5.69 Å². The number of imide groups is 1. The van der Waals surface area contributed by atoms with Crippen molar-refractivity contribution in [3.63, 3.8) is 0 Å². The van der Waals surface area contributed by atoms with Gasteiger partial charge in [0.25, 0.3) is 5.91 Å². The first-order valence-corrected chi connectivity index (χ1v) is 6.97. The van der Waals surface area contributed by atoms with Gasteiger partial charge in [-0.1, -0.05) is 24.9 Å². The summed E-state index contributed by atoms with van der Waals surface area (Å²) >= 11 is 5.68. The molecule has 1 aliphatic heterocycles. The van der Waals surface area contributed by atoms with E-state index in [1.165, 1.54) is 12.3 Å². The molecule has 2 amide bonds. The van der Waals surface area contributed by atoms with E-state index < -0.39 is 16.5 Å². The van der Waals surface area contributed by atoms with Gasteiger partial charge in [0.15, 0.2) is 0 Å². The molecule has 1 unspecified atom stereocenters. The third kappa shape index (κ3) is 3.02. The van der Waals surface area contributed by atoms with Gasteiger partial charge in [-0.25, -0.2) is 4.98 Å². The molecular formula is C13H14ClN3O4. The monoisotopic (exact) mass is 311 g/mol. The lowest BCUT2D eigenvalue weighted by atomic mass is 10.0. The normalized spacial score (nSPS) is 18.1. The minimum Gasteiger partial charge on any atom is -0.278 e. The molecule has 1 saturated heterocycles. The number of aromatic nitrogens is 1. The van der Waals surface area contributed by atoms with Crippen molar-refractivity contribution in [1.82, 2.24) is 9.88 Å². The van der Waals surface area contributed by atoms with Crippen LogP contribution in [0.2, 0.25) is 5.15 Å². The van der Waals surface area contributed by atoms with Crippen LogP contribution in [0.4, 0.5) is 5.69 Å². The van der Waals surface area contributed by atoms with Crippen LogP contribution in [0.5, 0.6) is 0 Å². The third-order valence-electron chi connectivity index (χ3n) is 3.44. The van der Waals surface area contributed by atoms with Crippen molar-refractivity contribution in [3.8, 4) is 0 Å². The van der Waals surface area contributed by atoms with Crippen molar-refractivity contribution in [1.29, 1.82) is 0 Å². The van der Waals surface area contributed by atoms with Crippen molar-refractivity contribution in [2.24, 2.45) is 5.92 Å². The molecule has 7 nitrogen and oxygen atoms in total. The molecular weight excluding hydrogens is 298 g/mol. The highest BCUT2D eigenvalue weighted by Crippen LogP contribution is 2.30. The number of hydrogen-bond donors (Lipinski definition) is 0. The Bertz CT molecular complexity index is 605. The fourth-order valence-electron chi connectivity index (χ4n) is 2.50. The summed E-state index contributed by atoms with van der Waals surface area (Å²) < 4.78 is 0. The van der Waals surface area contributed by atoms with E-state index in [1.807, 2.05) is 6.92 Å². The largest absolute Gasteiger partial charge is 0.319 e. The Balaban J connectivity index is 2.31. The molecule has 1 aromatic heterocycles. The summed E-state index contributed by atoms with van der Waals surface area (Å²) in [4.78, 5) is 39.3. The van der Waals surface area contributed by atoms with E-state index >= 15 is 0 Å². The highest BCUT2D eigenvalue weighted by molar-refractivity contribution is 6.32. The van der Waals surface area contributed by atoms with E-state index in [4.69, 9.17) is 11.6 Å². The average molecular weight is 312 g/mol. The average Bonchev–Trinajstić information content (AvgIpc) is 2.78. The van der Waals surface area contributed by atoms with Crippen LogP contribution in [0.3, 0.4) is 0 Å². The van der Waals surface area contributed by atoms with Crippen molar-refractivity contribution >= 4 is 29.1 Å². The summed E-state index contributed by atoms with van der Waals surface area (Å²) in [5.41, 5.74) is -0.763. The molecule has 0 bridgehead atoms. The summed E-state index contributed by atoms with van der Waals surface area (Å²) in [6.45, 7) is 2.30. The van der Waals surface area contributed by atoms with E-state index in [9.17, 15) is 19.7 Å².